The van der Waals surface area contributed by atoms with Crippen LogP contribution in [0.1, 0.15) is 10.4 Å². The monoisotopic (exact) mass is 325 g/mol. The number of benzene rings is 1. The lowest BCUT2D eigenvalue weighted by atomic mass is 10.1. The maximum absolute atomic E-state index is 12.8. The van der Waals surface area contributed by atoms with Gasteiger partial charge in [-0.25, -0.2) is 4.39 Å². The number of nitrogens with zero attached hydrogens (tertiary/aromatic N) is 3. The van der Waals surface area contributed by atoms with Crippen molar-refractivity contribution < 1.29 is 9.18 Å². The second kappa shape index (κ2) is 7.11. The zero-order valence-electron chi connectivity index (χ0n) is 12.0. The summed E-state index contributed by atoms with van der Waals surface area (Å²) in [6, 6.07) is 12.9. The molecule has 0 bridgehead atoms. The first-order valence-electron chi connectivity index (χ1n) is 6.88. The highest BCUT2D eigenvalue weighted by atomic mass is 32.2. The zero-order valence-corrected chi connectivity index (χ0v) is 12.8. The molecule has 2 aromatic heterocycles. The van der Waals surface area contributed by atoms with E-state index in [9.17, 15) is 9.18 Å². The summed E-state index contributed by atoms with van der Waals surface area (Å²) in [7, 11) is 0. The molecular weight excluding hydrogens is 313 g/mol. The average molecular weight is 325 g/mol. The third-order valence-electron chi connectivity index (χ3n) is 3.11. The first-order chi connectivity index (χ1) is 11.2. The predicted molar refractivity (Wildman–Crippen MR) is 86.7 cm³/mol. The van der Waals surface area contributed by atoms with Gasteiger partial charge in [0.05, 0.1) is 11.4 Å². The molecule has 23 heavy (non-hydrogen) atoms. The number of rotatable bonds is 5. The van der Waals surface area contributed by atoms with E-state index in [0.29, 0.717) is 10.6 Å². The van der Waals surface area contributed by atoms with Crippen molar-refractivity contribution >= 4 is 17.5 Å². The van der Waals surface area contributed by atoms with Crippen molar-refractivity contribution in [1.29, 1.82) is 0 Å². The minimum atomic E-state index is -0.355. The molecule has 0 fully saturated rings. The summed E-state index contributed by atoms with van der Waals surface area (Å²) in [6.07, 6.45) is 3.41. The van der Waals surface area contributed by atoms with Gasteiger partial charge in [0.25, 0.3) is 0 Å². The minimum absolute atomic E-state index is 0.0758. The Labute approximate surface area is 136 Å². The Kier molecular flexibility index (Phi) is 4.73. The van der Waals surface area contributed by atoms with E-state index in [2.05, 4.69) is 15.2 Å². The molecule has 0 unspecified atom stereocenters. The van der Waals surface area contributed by atoms with E-state index in [-0.39, 0.29) is 17.4 Å². The van der Waals surface area contributed by atoms with Gasteiger partial charge in [-0.05, 0) is 48.5 Å². The number of halogens is 1. The molecule has 3 aromatic rings. The number of ketones is 1. The molecule has 0 aliphatic heterocycles. The number of pyridine rings is 1. The number of Topliss-reactive ketones (excluding diaryl/α,β-unsaturated/α-hetero) is 1. The Hall–Kier alpha value is -2.60. The van der Waals surface area contributed by atoms with Gasteiger partial charge >= 0.3 is 0 Å². The lowest BCUT2D eigenvalue weighted by molar-refractivity contribution is 0.102. The molecule has 0 amide bonds. The van der Waals surface area contributed by atoms with Gasteiger partial charge in [0.1, 0.15) is 10.8 Å². The third-order valence-corrected chi connectivity index (χ3v) is 4.03. The largest absolute Gasteiger partial charge is 0.293 e. The van der Waals surface area contributed by atoms with E-state index in [1.807, 2.05) is 24.3 Å². The normalized spacial score (nSPS) is 10.5. The molecule has 4 nitrogen and oxygen atoms in total. The SMILES string of the molecule is O=C(CSc1ccc(-c2cccnc2)nn1)c1ccc(F)cc1. The molecule has 2 heterocycles. The molecule has 0 radical (unpaired) electrons. The van der Waals surface area contributed by atoms with E-state index in [4.69, 9.17) is 0 Å². The minimum Gasteiger partial charge on any atom is -0.293 e. The fourth-order valence-electron chi connectivity index (χ4n) is 1.92. The van der Waals surface area contributed by atoms with Gasteiger partial charge in [0.2, 0.25) is 0 Å². The van der Waals surface area contributed by atoms with Gasteiger partial charge in [-0.15, -0.1) is 10.2 Å². The molecule has 0 saturated heterocycles. The Morgan fingerprint density at radius 2 is 1.87 bits per heavy atom. The molecule has 0 saturated carbocycles. The van der Waals surface area contributed by atoms with Crippen LogP contribution in [0.2, 0.25) is 0 Å². The van der Waals surface area contributed by atoms with Crippen molar-refractivity contribution in [2.24, 2.45) is 0 Å². The molecule has 3 rings (SSSR count). The van der Waals surface area contributed by atoms with Crippen LogP contribution in [0.5, 0.6) is 0 Å². The molecule has 0 spiro atoms. The maximum Gasteiger partial charge on any atom is 0.173 e. The van der Waals surface area contributed by atoms with Crippen LogP contribution in [0.25, 0.3) is 11.3 Å². The predicted octanol–water partition coefficient (Wildman–Crippen LogP) is 3.65. The molecule has 0 atom stereocenters. The summed E-state index contributed by atoms with van der Waals surface area (Å²) in [5.74, 6) is -0.203. The number of aromatic nitrogens is 3. The molecule has 0 aliphatic rings. The maximum atomic E-state index is 12.8. The van der Waals surface area contributed by atoms with Crippen LogP contribution >= 0.6 is 11.8 Å². The van der Waals surface area contributed by atoms with E-state index in [1.54, 1.807) is 12.4 Å². The number of hydrogen-bond donors (Lipinski definition) is 0. The highest BCUT2D eigenvalue weighted by Gasteiger charge is 2.08. The van der Waals surface area contributed by atoms with Gasteiger partial charge in [-0.3, -0.25) is 9.78 Å². The fourth-order valence-corrected chi connectivity index (χ4v) is 2.63. The van der Waals surface area contributed by atoms with Gasteiger partial charge in [0.15, 0.2) is 5.78 Å². The van der Waals surface area contributed by atoms with E-state index < -0.39 is 0 Å². The van der Waals surface area contributed by atoms with Gasteiger partial charge in [-0.2, -0.15) is 0 Å². The molecule has 0 aliphatic carbocycles. The molecule has 1 aromatic carbocycles. The van der Waals surface area contributed by atoms with Crippen LogP contribution in [-0.4, -0.2) is 26.7 Å². The van der Waals surface area contributed by atoms with Crippen molar-refractivity contribution in [3.8, 4) is 11.3 Å². The quantitative estimate of drug-likeness (QED) is 0.529. The lowest BCUT2D eigenvalue weighted by Crippen LogP contribution is -2.02. The third kappa shape index (κ3) is 3.98. The van der Waals surface area contributed by atoms with Crippen LogP contribution in [0.3, 0.4) is 0 Å². The Balaban J connectivity index is 1.62. The average Bonchev–Trinajstić information content (AvgIpc) is 2.61. The molecule has 6 heteroatoms. The summed E-state index contributed by atoms with van der Waals surface area (Å²) in [4.78, 5) is 16.1. The van der Waals surface area contributed by atoms with Crippen molar-refractivity contribution in [2.45, 2.75) is 5.03 Å². The summed E-state index contributed by atoms with van der Waals surface area (Å²) < 4.78 is 12.8. The fraction of sp³-hybridized carbons (Fsp3) is 0.0588. The van der Waals surface area contributed by atoms with Crippen molar-refractivity contribution in [2.75, 3.05) is 5.75 Å². The summed E-state index contributed by atoms with van der Waals surface area (Å²) >= 11 is 1.30. The van der Waals surface area contributed by atoms with Crippen LogP contribution < -0.4 is 0 Å². The standard InChI is InChI=1S/C17H12FN3OS/c18-14-5-3-12(4-6-14)16(22)11-23-17-8-7-15(20-21-17)13-2-1-9-19-10-13/h1-10H,11H2. The lowest BCUT2D eigenvalue weighted by Gasteiger charge is -2.02. The zero-order chi connectivity index (χ0) is 16.1. The van der Waals surface area contributed by atoms with Crippen molar-refractivity contribution in [3.63, 3.8) is 0 Å². The molecule has 114 valence electrons. The highest BCUT2D eigenvalue weighted by molar-refractivity contribution is 7.99. The number of hydrogen-bond acceptors (Lipinski definition) is 5. The number of carbonyl (C=O) groups is 1. The second-order valence-electron chi connectivity index (χ2n) is 4.72. The second-order valence-corrected chi connectivity index (χ2v) is 5.71. The summed E-state index contributed by atoms with van der Waals surface area (Å²) in [5.41, 5.74) is 2.10. The van der Waals surface area contributed by atoms with Crippen LogP contribution in [0.15, 0.2) is 66.0 Å². The van der Waals surface area contributed by atoms with Crippen LogP contribution in [0.4, 0.5) is 4.39 Å². The van der Waals surface area contributed by atoms with E-state index in [1.165, 1.54) is 36.0 Å². The number of thioether (sulfide) groups is 1. The van der Waals surface area contributed by atoms with Gasteiger partial charge < -0.3 is 0 Å². The summed E-state index contributed by atoms with van der Waals surface area (Å²) in [6.45, 7) is 0. The van der Waals surface area contributed by atoms with Crippen LogP contribution in [0, 0.1) is 5.82 Å². The first kappa shape index (κ1) is 15.3. The van der Waals surface area contributed by atoms with Gasteiger partial charge in [0, 0.05) is 23.5 Å². The van der Waals surface area contributed by atoms with E-state index >= 15 is 0 Å². The topological polar surface area (TPSA) is 55.7 Å². The highest BCUT2D eigenvalue weighted by Crippen LogP contribution is 2.20. The summed E-state index contributed by atoms with van der Waals surface area (Å²) in [5, 5.41) is 8.91. The van der Waals surface area contributed by atoms with Crippen molar-refractivity contribution in [1.82, 2.24) is 15.2 Å². The first-order valence-corrected chi connectivity index (χ1v) is 7.86. The van der Waals surface area contributed by atoms with Crippen LogP contribution in [-0.2, 0) is 0 Å². The van der Waals surface area contributed by atoms with Crippen molar-refractivity contribution in [3.05, 3.63) is 72.3 Å². The van der Waals surface area contributed by atoms with E-state index in [0.717, 1.165) is 11.3 Å². The molecule has 0 N–H and O–H groups in total. The Morgan fingerprint density at radius 1 is 1.04 bits per heavy atom. The Bertz CT molecular complexity index is 792. The Morgan fingerprint density at radius 3 is 2.52 bits per heavy atom. The smallest absolute Gasteiger partial charge is 0.173 e. The number of carbonyl (C=O) groups excluding carboxylic acids is 1. The van der Waals surface area contributed by atoms with Gasteiger partial charge in [-0.1, -0.05) is 11.8 Å². The molecular formula is C17H12FN3OS.